The Labute approximate surface area is 155 Å². The third kappa shape index (κ3) is 3.16. The van der Waals surface area contributed by atoms with Gasteiger partial charge < -0.3 is 14.6 Å². The first-order chi connectivity index (χ1) is 13.0. The van der Waals surface area contributed by atoms with Crippen LogP contribution < -0.4 is 5.32 Å². The molecule has 138 valence electrons. The molecule has 0 saturated carbocycles. The second kappa shape index (κ2) is 6.83. The maximum atomic E-state index is 13.3. The molecule has 1 fully saturated rings. The third-order valence-electron chi connectivity index (χ3n) is 4.87. The number of hydrogen-bond acceptors (Lipinski definition) is 3. The minimum Gasteiger partial charge on any atom is -0.352 e. The van der Waals surface area contributed by atoms with Crippen LogP contribution in [0.15, 0.2) is 48.7 Å². The summed E-state index contributed by atoms with van der Waals surface area (Å²) in [6.07, 6.45) is 2.01. The number of carbonyl (C=O) groups is 2. The van der Waals surface area contributed by atoms with Crippen molar-refractivity contribution in [3.8, 4) is 0 Å². The van der Waals surface area contributed by atoms with Crippen LogP contribution in [-0.2, 0) is 16.0 Å². The molecule has 27 heavy (non-hydrogen) atoms. The molecule has 0 bridgehead atoms. The van der Waals surface area contributed by atoms with Crippen LogP contribution in [0.25, 0.3) is 5.65 Å². The van der Waals surface area contributed by atoms with Crippen LogP contribution in [0.5, 0.6) is 0 Å². The number of fused-ring (bicyclic) bond motifs is 1. The highest BCUT2D eigenvalue weighted by Crippen LogP contribution is 2.25. The van der Waals surface area contributed by atoms with Crippen LogP contribution in [0, 0.1) is 12.7 Å². The van der Waals surface area contributed by atoms with Crippen LogP contribution in [-0.4, -0.2) is 39.2 Å². The van der Waals surface area contributed by atoms with Gasteiger partial charge in [0.15, 0.2) is 0 Å². The minimum atomic E-state index is -0.758. The lowest BCUT2D eigenvalue weighted by molar-refractivity contribution is -0.143. The van der Waals surface area contributed by atoms with E-state index < -0.39 is 6.04 Å². The zero-order valence-corrected chi connectivity index (χ0v) is 14.9. The van der Waals surface area contributed by atoms with Crippen molar-refractivity contribution in [2.45, 2.75) is 19.4 Å². The molecule has 0 radical (unpaired) electrons. The molecule has 1 aliphatic rings. The van der Waals surface area contributed by atoms with Crippen molar-refractivity contribution < 1.29 is 14.0 Å². The zero-order chi connectivity index (χ0) is 19.0. The van der Waals surface area contributed by atoms with E-state index in [4.69, 9.17) is 0 Å². The molecular weight excluding hydrogens is 347 g/mol. The van der Waals surface area contributed by atoms with E-state index in [-0.39, 0.29) is 24.1 Å². The van der Waals surface area contributed by atoms with E-state index in [1.165, 1.54) is 12.1 Å². The van der Waals surface area contributed by atoms with E-state index in [0.717, 1.165) is 17.0 Å². The maximum Gasteiger partial charge on any atom is 0.247 e. The molecule has 4 rings (SSSR count). The molecule has 0 spiro atoms. The van der Waals surface area contributed by atoms with Gasteiger partial charge in [-0.1, -0.05) is 18.2 Å². The monoisotopic (exact) mass is 366 g/mol. The number of pyridine rings is 1. The van der Waals surface area contributed by atoms with Gasteiger partial charge in [0.1, 0.15) is 17.5 Å². The smallest absolute Gasteiger partial charge is 0.247 e. The molecule has 3 aromatic rings. The Morgan fingerprint density at radius 3 is 2.81 bits per heavy atom. The fourth-order valence-corrected chi connectivity index (χ4v) is 3.53. The predicted octanol–water partition coefficient (Wildman–Crippen LogP) is 2.02. The largest absolute Gasteiger partial charge is 0.352 e. The van der Waals surface area contributed by atoms with Gasteiger partial charge in [-0.3, -0.25) is 9.59 Å². The Kier molecular flexibility index (Phi) is 4.35. The first-order valence-electron chi connectivity index (χ1n) is 8.80. The van der Waals surface area contributed by atoms with Crippen molar-refractivity contribution >= 4 is 17.5 Å². The van der Waals surface area contributed by atoms with Crippen molar-refractivity contribution in [1.29, 1.82) is 0 Å². The lowest BCUT2D eigenvalue weighted by Crippen LogP contribution is -2.52. The minimum absolute atomic E-state index is 0.141. The van der Waals surface area contributed by atoms with Crippen molar-refractivity contribution in [3.05, 3.63) is 71.4 Å². The number of benzene rings is 1. The van der Waals surface area contributed by atoms with E-state index in [0.29, 0.717) is 18.7 Å². The summed E-state index contributed by atoms with van der Waals surface area (Å²) in [6, 6.07) is 10.6. The van der Waals surface area contributed by atoms with E-state index in [1.54, 1.807) is 17.0 Å². The van der Waals surface area contributed by atoms with Gasteiger partial charge in [0, 0.05) is 19.3 Å². The number of imidazole rings is 1. The number of amides is 2. The number of aryl methyl sites for hydroxylation is 1. The van der Waals surface area contributed by atoms with E-state index in [9.17, 15) is 14.0 Å². The van der Waals surface area contributed by atoms with Gasteiger partial charge in [0.05, 0.1) is 17.8 Å². The molecule has 1 aromatic carbocycles. The Balaban J connectivity index is 1.65. The molecule has 1 N–H and O–H groups in total. The Bertz CT molecular complexity index is 1010. The number of aromatic nitrogens is 2. The highest BCUT2D eigenvalue weighted by atomic mass is 19.1. The molecule has 1 saturated heterocycles. The quantitative estimate of drug-likeness (QED) is 0.771. The van der Waals surface area contributed by atoms with Gasteiger partial charge in [0.2, 0.25) is 11.8 Å². The number of nitrogens with one attached hydrogen (secondary N) is 1. The zero-order valence-electron chi connectivity index (χ0n) is 14.9. The average Bonchev–Trinajstić information content (AvgIpc) is 2.98. The molecule has 7 heteroatoms. The van der Waals surface area contributed by atoms with Crippen LogP contribution in [0.2, 0.25) is 0 Å². The summed E-state index contributed by atoms with van der Waals surface area (Å²) >= 11 is 0. The van der Waals surface area contributed by atoms with Gasteiger partial charge in [0.25, 0.3) is 0 Å². The van der Waals surface area contributed by atoms with Gasteiger partial charge in [-0.2, -0.15) is 0 Å². The summed E-state index contributed by atoms with van der Waals surface area (Å²) in [7, 11) is 0. The Hall–Kier alpha value is -3.22. The summed E-state index contributed by atoms with van der Waals surface area (Å²) in [4.78, 5) is 31.6. The van der Waals surface area contributed by atoms with Crippen molar-refractivity contribution in [1.82, 2.24) is 19.6 Å². The summed E-state index contributed by atoms with van der Waals surface area (Å²) in [5.41, 5.74) is 2.97. The van der Waals surface area contributed by atoms with Crippen LogP contribution in [0.4, 0.5) is 4.39 Å². The number of hydrogen-bond donors (Lipinski definition) is 1. The van der Waals surface area contributed by atoms with Crippen molar-refractivity contribution in [2.24, 2.45) is 0 Å². The second-order valence-electron chi connectivity index (χ2n) is 6.58. The van der Waals surface area contributed by atoms with Crippen molar-refractivity contribution in [3.63, 3.8) is 0 Å². The normalized spacial score (nSPS) is 17.2. The molecule has 2 aromatic heterocycles. The fourth-order valence-electron chi connectivity index (χ4n) is 3.53. The lowest BCUT2D eigenvalue weighted by atomic mass is 10.0. The number of halogens is 1. The first-order valence-corrected chi connectivity index (χ1v) is 8.80. The van der Waals surface area contributed by atoms with Gasteiger partial charge in [-0.15, -0.1) is 0 Å². The van der Waals surface area contributed by atoms with Crippen LogP contribution in [0.3, 0.4) is 0 Å². The molecule has 3 heterocycles. The second-order valence-corrected chi connectivity index (χ2v) is 6.58. The lowest BCUT2D eigenvalue weighted by Gasteiger charge is -2.35. The van der Waals surface area contributed by atoms with Crippen molar-refractivity contribution in [2.75, 3.05) is 13.1 Å². The predicted molar refractivity (Wildman–Crippen MR) is 97.5 cm³/mol. The summed E-state index contributed by atoms with van der Waals surface area (Å²) < 4.78 is 15.2. The molecule has 0 unspecified atom stereocenters. The van der Waals surface area contributed by atoms with Gasteiger partial charge in [-0.25, -0.2) is 9.37 Å². The summed E-state index contributed by atoms with van der Waals surface area (Å²) in [5, 5.41) is 2.79. The average molecular weight is 366 g/mol. The van der Waals surface area contributed by atoms with Crippen LogP contribution >= 0.6 is 0 Å². The molecular formula is C20H19FN4O2. The molecule has 1 aliphatic heterocycles. The van der Waals surface area contributed by atoms with E-state index in [1.807, 2.05) is 35.7 Å². The molecule has 1 atom stereocenters. The topological polar surface area (TPSA) is 66.7 Å². The molecule has 2 amide bonds. The molecule has 6 nitrogen and oxygen atoms in total. The highest BCUT2D eigenvalue weighted by Gasteiger charge is 2.34. The van der Waals surface area contributed by atoms with E-state index >= 15 is 0 Å². The Morgan fingerprint density at radius 2 is 2.04 bits per heavy atom. The van der Waals surface area contributed by atoms with Crippen LogP contribution in [0.1, 0.15) is 23.0 Å². The summed E-state index contributed by atoms with van der Waals surface area (Å²) in [6.45, 7) is 2.67. The first kappa shape index (κ1) is 17.2. The third-order valence-corrected chi connectivity index (χ3v) is 4.87. The highest BCUT2D eigenvalue weighted by molar-refractivity contribution is 5.90. The molecule has 0 aliphatic carbocycles. The number of rotatable bonds is 3. The fraction of sp³-hybridized carbons (Fsp3) is 0.250. The SMILES string of the molecule is Cc1nc2ccccn2c1CC(=O)N1CCNC(=O)[C@H]1c1ccc(F)cc1. The standard InChI is InChI=1S/C20H19FN4O2/c1-13-16(24-10-3-2-4-17(24)23-13)12-18(26)25-11-9-22-20(27)19(25)14-5-7-15(21)8-6-14/h2-8,10,19H,9,11-12H2,1H3,(H,22,27)/t19-/m1/s1. The maximum absolute atomic E-state index is 13.3. The van der Waals surface area contributed by atoms with Gasteiger partial charge in [-0.05, 0) is 36.8 Å². The Morgan fingerprint density at radius 1 is 1.26 bits per heavy atom. The number of nitrogens with zero attached hydrogens (tertiary/aromatic N) is 3. The number of piperazine rings is 1. The number of carbonyl (C=O) groups excluding carboxylic acids is 2. The van der Waals surface area contributed by atoms with Gasteiger partial charge >= 0.3 is 0 Å². The summed E-state index contributed by atoms with van der Waals surface area (Å²) in [5.74, 6) is -0.793. The van der Waals surface area contributed by atoms with E-state index in [2.05, 4.69) is 10.3 Å².